The van der Waals surface area contributed by atoms with Crippen LogP contribution in [0.2, 0.25) is 0 Å². The van der Waals surface area contributed by atoms with Crippen LogP contribution in [0.25, 0.3) is 0 Å². The zero-order chi connectivity index (χ0) is 12.0. The van der Waals surface area contributed by atoms with Gasteiger partial charge < -0.3 is 0 Å². The van der Waals surface area contributed by atoms with E-state index in [9.17, 15) is 9.59 Å². The summed E-state index contributed by atoms with van der Waals surface area (Å²) in [5, 5.41) is 0. The van der Waals surface area contributed by atoms with Crippen molar-refractivity contribution in [2.75, 3.05) is 0 Å². The summed E-state index contributed by atoms with van der Waals surface area (Å²) in [6, 6.07) is 7.10. The molecule has 0 aromatic heterocycles. The molecule has 3 heteroatoms. The Bertz CT molecular complexity index is 608. The van der Waals surface area contributed by atoms with Gasteiger partial charge in [-0.15, -0.1) is 0 Å². The van der Waals surface area contributed by atoms with Crippen molar-refractivity contribution in [3.05, 3.63) is 57.0 Å². The van der Waals surface area contributed by atoms with E-state index in [1.807, 2.05) is 12.1 Å². The molecule has 0 N–H and O–H groups in total. The Kier molecular flexibility index (Phi) is 2.41. The maximum absolute atomic E-state index is 12.4. The zero-order valence-electron chi connectivity index (χ0n) is 9.19. The number of ketones is 2. The first-order valence-corrected chi connectivity index (χ1v) is 6.79. The summed E-state index contributed by atoms with van der Waals surface area (Å²) in [5.41, 5.74) is 2.40. The van der Waals surface area contributed by atoms with Gasteiger partial charge in [-0.05, 0) is 0 Å². The van der Waals surface area contributed by atoms with Crippen LogP contribution in [0.5, 0.6) is 0 Å². The molecule has 0 fully saturated rings. The summed E-state index contributed by atoms with van der Waals surface area (Å²) in [5.74, 6) is 0.0237. The average molecular weight is 286 g/mol. The van der Waals surface area contributed by atoms with Gasteiger partial charge in [-0.25, -0.2) is 0 Å². The fraction of sp³-hybridized carbons (Fsp3) is 0.143. The fourth-order valence-electron chi connectivity index (χ4n) is 2.41. The number of hydrogen-bond acceptors (Lipinski definition) is 2. The number of rotatable bonds is 0. The van der Waals surface area contributed by atoms with E-state index in [-0.39, 0.29) is 11.6 Å². The van der Waals surface area contributed by atoms with Crippen LogP contribution in [0.1, 0.15) is 33.6 Å². The molecule has 0 radical (unpaired) electrons. The number of allylic oxidation sites excluding steroid dienone is 4. The number of carbonyl (C=O) groups excluding carboxylic acids is 2. The van der Waals surface area contributed by atoms with Crippen LogP contribution in [0, 0.1) is 0 Å². The first-order valence-electron chi connectivity index (χ1n) is 5.57. The Hall–Kier alpha value is -1.40. The third kappa shape index (κ3) is 1.48. The summed E-state index contributed by atoms with van der Waals surface area (Å²) >= 11 is 1.46. The van der Waals surface area contributed by atoms with E-state index in [0.29, 0.717) is 22.3 Å². The fourth-order valence-corrected chi connectivity index (χ4v) is 3.36. The van der Waals surface area contributed by atoms with Crippen LogP contribution in [0.3, 0.4) is 0 Å². The second kappa shape index (κ2) is 3.82. The molecule has 0 heterocycles. The SMILES string of the molecule is O=C1C2=CCCC([AsH2])=C2C(=O)c2ccccc21. The van der Waals surface area contributed by atoms with Gasteiger partial charge in [-0.1, -0.05) is 0 Å². The van der Waals surface area contributed by atoms with E-state index in [2.05, 4.69) is 0 Å². The molecule has 0 amide bonds. The molecule has 1 aromatic rings. The van der Waals surface area contributed by atoms with E-state index in [1.165, 1.54) is 16.9 Å². The molecule has 2 nitrogen and oxygen atoms in total. The van der Waals surface area contributed by atoms with Crippen molar-refractivity contribution in [2.45, 2.75) is 12.8 Å². The van der Waals surface area contributed by atoms with E-state index < -0.39 is 0 Å². The number of hydrogen-bond donors (Lipinski definition) is 0. The molecule has 0 spiro atoms. The molecule has 1 aromatic carbocycles. The number of fused-ring (bicyclic) bond motifs is 2. The minimum atomic E-state index is 0.00468. The third-order valence-electron chi connectivity index (χ3n) is 3.24. The quantitative estimate of drug-likeness (QED) is 0.680. The van der Waals surface area contributed by atoms with Crippen LogP contribution < -0.4 is 0 Å². The van der Waals surface area contributed by atoms with Crippen LogP contribution in [0.4, 0.5) is 0 Å². The first kappa shape index (κ1) is 10.7. The summed E-state index contributed by atoms with van der Waals surface area (Å²) in [6.07, 6.45) is 3.68. The standard InChI is InChI=1S/C14H11AsO2/c15-11-7-3-6-10-12(11)14(17)9-5-2-1-4-8(9)13(10)16/h1-2,4-6H,3,7,15H2. The molecule has 1 unspecified atom stereocenters. The zero-order valence-corrected chi connectivity index (χ0v) is 11.6. The van der Waals surface area contributed by atoms with Gasteiger partial charge in [0.25, 0.3) is 0 Å². The molecule has 17 heavy (non-hydrogen) atoms. The molecule has 1 atom stereocenters. The number of benzene rings is 1. The van der Waals surface area contributed by atoms with Gasteiger partial charge in [-0.2, -0.15) is 0 Å². The predicted molar refractivity (Wildman–Crippen MR) is 68.0 cm³/mol. The molecule has 2 aliphatic carbocycles. The summed E-state index contributed by atoms with van der Waals surface area (Å²) < 4.78 is 1.10. The van der Waals surface area contributed by atoms with Crippen molar-refractivity contribution in [2.24, 2.45) is 0 Å². The average Bonchev–Trinajstić information content (AvgIpc) is 2.36. The van der Waals surface area contributed by atoms with Gasteiger partial charge in [0.05, 0.1) is 0 Å². The van der Waals surface area contributed by atoms with E-state index in [0.717, 1.165) is 17.2 Å². The van der Waals surface area contributed by atoms with Crippen LogP contribution in [-0.2, 0) is 0 Å². The van der Waals surface area contributed by atoms with E-state index in [1.54, 1.807) is 18.2 Å². The van der Waals surface area contributed by atoms with Crippen LogP contribution in [-0.4, -0.2) is 28.4 Å². The van der Waals surface area contributed by atoms with Gasteiger partial charge in [-0.3, -0.25) is 0 Å². The van der Waals surface area contributed by atoms with Crippen LogP contribution >= 0.6 is 0 Å². The van der Waals surface area contributed by atoms with E-state index in [4.69, 9.17) is 0 Å². The molecule has 0 saturated carbocycles. The summed E-state index contributed by atoms with van der Waals surface area (Å²) in [7, 11) is 0. The van der Waals surface area contributed by atoms with Gasteiger partial charge in [0.1, 0.15) is 0 Å². The van der Waals surface area contributed by atoms with Crippen molar-refractivity contribution in [3.63, 3.8) is 0 Å². The second-order valence-corrected chi connectivity index (χ2v) is 5.72. The first-order chi connectivity index (χ1) is 8.20. The molecule has 3 rings (SSSR count). The normalized spacial score (nSPS) is 18.8. The Morgan fingerprint density at radius 1 is 1.00 bits per heavy atom. The van der Waals surface area contributed by atoms with Crippen LogP contribution in [0.15, 0.2) is 45.8 Å². The van der Waals surface area contributed by atoms with E-state index >= 15 is 0 Å². The van der Waals surface area contributed by atoms with Crippen molar-refractivity contribution in [3.8, 4) is 0 Å². The van der Waals surface area contributed by atoms with Crippen molar-refractivity contribution in [1.29, 1.82) is 0 Å². The van der Waals surface area contributed by atoms with Crippen molar-refractivity contribution >= 4 is 28.4 Å². The topological polar surface area (TPSA) is 34.1 Å². The van der Waals surface area contributed by atoms with Gasteiger partial charge in [0.2, 0.25) is 0 Å². The Morgan fingerprint density at radius 2 is 1.65 bits per heavy atom. The Balaban J connectivity index is 2.32. The van der Waals surface area contributed by atoms with Gasteiger partial charge in [0.15, 0.2) is 0 Å². The molecular weight excluding hydrogens is 275 g/mol. The molecular formula is C14H11AsO2. The second-order valence-electron chi connectivity index (χ2n) is 4.26. The Labute approximate surface area is 108 Å². The molecule has 0 aliphatic heterocycles. The third-order valence-corrected chi connectivity index (χ3v) is 4.45. The number of carbonyl (C=O) groups is 2. The van der Waals surface area contributed by atoms with Crippen molar-refractivity contribution < 1.29 is 9.59 Å². The Morgan fingerprint density at radius 3 is 2.35 bits per heavy atom. The van der Waals surface area contributed by atoms with Gasteiger partial charge >= 0.3 is 108 Å². The maximum atomic E-state index is 12.4. The van der Waals surface area contributed by atoms with Gasteiger partial charge in [0, 0.05) is 0 Å². The monoisotopic (exact) mass is 286 g/mol. The number of Topliss-reactive ketones (excluding diaryl/α,β-unsaturated/α-hetero) is 2. The molecule has 84 valence electrons. The minimum absolute atomic E-state index is 0.00468. The summed E-state index contributed by atoms with van der Waals surface area (Å²) in [4.78, 5) is 24.7. The predicted octanol–water partition coefficient (Wildman–Crippen LogP) is 1.67. The van der Waals surface area contributed by atoms with Crippen molar-refractivity contribution in [1.82, 2.24) is 0 Å². The molecule has 0 bridgehead atoms. The molecule has 0 saturated heterocycles. The molecule has 2 aliphatic rings. The summed E-state index contributed by atoms with van der Waals surface area (Å²) in [6.45, 7) is 0.